The molecule has 1 aromatic heterocycles. The van der Waals surface area contributed by atoms with E-state index in [4.69, 9.17) is 0 Å². The third-order valence-corrected chi connectivity index (χ3v) is 3.42. The molecule has 2 atom stereocenters. The molecule has 5 nitrogen and oxygen atoms in total. The molecule has 2 heterocycles. The first-order valence-electron chi connectivity index (χ1n) is 5.50. The minimum Gasteiger partial charge on any atom is -0.316 e. The van der Waals surface area contributed by atoms with E-state index in [2.05, 4.69) is 38.8 Å². The van der Waals surface area contributed by atoms with Crippen LogP contribution in [0.3, 0.4) is 0 Å². The predicted molar refractivity (Wildman–Crippen MR) is 58.4 cm³/mol. The van der Waals surface area contributed by atoms with Gasteiger partial charge in [0.05, 0.1) is 6.54 Å². The minimum absolute atomic E-state index is 0.500. The number of aromatic nitrogens is 3. The molecule has 2 unspecified atom stereocenters. The number of nitrogens with zero attached hydrogens (tertiary/aromatic N) is 4. The van der Waals surface area contributed by atoms with Crippen LogP contribution in [0.1, 0.15) is 19.7 Å². The Hall–Kier alpha value is -0.940. The smallest absolute Gasteiger partial charge is 0.147 e. The molecule has 0 radical (unpaired) electrons. The molecule has 2 rings (SSSR count). The summed E-state index contributed by atoms with van der Waals surface area (Å²) in [7, 11) is 2.01. The molecule has 0 saturated heterocycles. The van der Waals surface area contributed by atoms with Gasteiger partial charge in [-0.25, -0.2) is 0 Å². The van der Waals surface area contributed by atoms with E-state index in [0.29, 0.717) is 12.1 Å². The number of fused-ring (bicyclic) bond motifs is 1. The van der Waals surface area contributed by atoms with Crippen LogP contribution < -0.4 is 5.32 Å². The Morgan fingerprint density at radius 3 is 2.93 bits per heavy atom. The molecule has 1 aliphatic heterocycles. The van der Waals surface area contributed by atoms with E-state index in [-0.39, 0.29) is 0 Å². The molecule has 0 amide bonds. The zero-order valence-corrected chi connectivity index (χ0v) is 9.64. The van der Waals surface area contributed by atoms with Crippen molar-refractivity contribution in [3.63, 3.8) is 0 Å². The van der Waals surface area contributed by atoms with E-state index < -0.39 is 0 Å². The van der Waals surface area contributed by atoms with Crippen molar-refractivity contribution in [2.45, 2.75) is 39.0 Å². The molecular formula is C10H19N5. The van der Waals surface area contributed by atoms with Crippen molar-refractivity contribution in [1.82, 2.24) is 25.0 Å². The van der Waals surface area contributed by atoms with Crippen LogP contribution in [0.4, 0.5) is 0 Å². The van der Waals surface area contributed by atoms with Gasteiger partial charge in [-0.3, -0.25) is 4.90 Å². The lowest BCUT2D eigenvalue weighted by atomic mass is 10.1. The van der Waals surface area contributed by atoms with Gasteiger partial charge in [-0.1, -0.05) is 0 Å². The van der Waals surface area contributed by atoms with Crippen molar-refractivity contribution in [3.8, 4) is 0 Å². The van der Waals surface area contributed by atoms with Crippen molar-refractivity contribution in [2.75, 3.05) is 13.6 Å². The summed E-state index contributed by atoms with van der Waals surface area (Å²) in [6, 6.07) is 1.03. The fourth-order valence-corrected chi connectivity index (χ4v) is 1.99. The maximum Gasteiger partial charge on any atom is 0.147 e. The van der Waals surface area contributed by atoms with Crippen LogP contribution in [0.2, 0.25) is 0 Å². The highest BCUT2D eigenvalue weighted by molar-refractivity contribution is 4.92. The summed E-state index contributed by atoms with van der Waals surface area (Å²) in [5.74, 6) is 1.08. The number of likely N-dealkylation sites (N-methyl/N-ethyl adjacent to an activating group) is 1. The van der Waals surface area contributed by atoms with Crippen LogP contribution in [-0.2, 0) is 13.1 Å². The Kier molecular flexibility index (Phi) is 3.02. The lowest BCUT2D eigenvalue weighted by molar-refractivity contribution is 0.139. The Bertz CT molecular complexity index is 321. The van der Waals surface area contributed by atoms with E-state index in [9.17, 15) is 0 Å². The first-order chi connectivity index (χ1) is 7.22. The van der Waals surface area contributed by atoms with Crippen molar-refractivity contribution >= 4 is 0 Å². The SMILES string of the molecule is CNC(C)C(C)N1CCn2cnnc2C1. The minimum atomic E-state index is 0.500. The predicted octanol–water partition coefficient (Wildman–Crippen LogP) is 0.0901. The lowest BCUT2D eigenvalue weighted by Gasteiger charge is -2.35. The monoisotopic (exact) mass is 209 g/mol. The third kappa shape index (κ3) is 2.03. The normalized spacial score (nSPS) is 21.0. The first-order valence-corrected chi connectivity index (χ1v) is 5.50. The second-order valence-corrected chi connectivity index (χ2v) is 4.23. The van der Waals surface area contributed by atoms with Gasteiger partial charge in [0.15, 0.2) is 0 Å². The third-order valence-electron chi connectivity index (χ3n) is 3.42. The van der Waals surface area contributed by atoms with Crippen LogP contribution in [0, 0.1) is 0 Å². The molecule has 1 aliphatic rings. The molecule has 5 heteroatoms. The molecule has 1 aromatic rings. The molecule has 84 valence electrons. The summed E-state index contributed by atoms with van der Waals surface area (Å²) < 4.78 is 2.13. The Morgan fingerprint density at radius 1 is 1.40 bits per heavy atom. The summed E-state index contributed by atoms with van der Waals surface area (Å²) in [6.45, 7) is 7.46. The number of rotatable bonds is 3. The van der Waals surface area contributed by atoms with Crippen LogP contribution in [0.25, 0.3) is 0 Å². The maximum absolute atomic E-state index is 4.13. The molecular weight excluding hydrogens is 190 g/mol. The van der Waals surface area contributed by atoms with Crippen molar-refractivity contribution in [2.24, 2.45) is 0 Å². The second kappa shape index (κ2) is 4.28. The molecule has 0 aromatic carbocycles. The van der Waals surface area contributed by atoms with E-state index in [0.717, 1.165) is 25.5 Å². The standard InChI is InChI=1S/C10H19N5/c1-8(11-3)9(2)14-4-5-15-7-12-13-10(15)6-14/h7-9,11H,4-6H2,1-3H3. The van der Waals surface area contributed by atoms with Crippen molar-refractivity contribution in [3.05, 3.63) is 12.2 Å². The van der Waals surface area contributed by atoms with Crippen molar-refractivity contribution < 1.29 is 0 Å². The van der Waals surface area contributed by atoms with Gasteiger partial charge in [0, 0.05) is 25.2 Å². The molecule has 15 heavy (non-hydrogen) atoms. The van der Waals surface area contributed by atoms with Gasteiger partial charge in [-0.2, -0.15) is 0 Å². The van der Waals surface area contributed by atoms with Gasteiger partial charge < -0.3 is 9.88 Å². The Balaban J connectivity index is 2.03. The zero-order chi connectivity index (χ0) is 10.8. The lowest BCUT2D eigenvalue weighted by Crippen LogP contribution is -2.48. The Morgan fingerprint density at radius 2 is 2.20 bits per heavy atom. The van der Waals surface area contributed by atoms with Gasteiger partial charge in [0.2, 0.25) is 0 Å². The number of hydrogen-bond donors (Lipinski definition) is 1. The molecule has 0 saturated carbocycles. The van der Waals surface area contributed by atoms with E-state index in [1.165, 1.54) is 0 Å². The van der Waals surface area contributed by atoms with Gasteiger partial charge >= 0.3 is 0 Å². The quantitative estimate of drug-likeness (QED) is 0.766. The second-order valence-electron chi connectivity index (χ2n) is 4.23. The summed E-state index contributed by atoms with van der Waals surface area (Å²) in [5, 5.41) is 11.4. The molecule has 0 spiro atoms. The van der Waals surface area contributed by atoms with Gasteiger partial charge in [-0.05, 0) is 20.9 Å². The largest absolute Gasteiger partial charge is 0.316 e. The molecule has 0 aliphatic carbocycles. The van der Waals surface area contributed by atoms with Crippen LogP contribution in [-0.4, -0.2) is 45.3 Å². The molecule has 0 bridgehead atoms. The van der Waals surface area contributed by atoms with Crippen LogP contribution in [0.5, 0.6) is 0 Å². The molecule has 1 N–H and O–H groups in total. The van der Waals surface area contributed by atoms with E-state index in [1.54, 1.807) is 0 Å². The number of nitrogens with one attached hydrogen (secondary N) is 1. The zero-order valence-electron chi connectivity index (χ0n) is 9.64. The molecule has 0 fully saturated rings. The van der Waals surface area contributed by atoms with E-state index >= 15 is 0 Å². The highest BCUT2D eigenvalue weighted by atomic mass is 15.3. The highest BCUT2D eigenvalue weighted by Gasteiger charge is 2.24. The first kappa shape index (κ1) is 10.6. The number of hydrogen-bond acceptors (Lipinski definition) is 4. The average Bonchev–Trinajstić information content (AvgIpc) is 2.73. The fraction of sp³-hybridized carbons (Fsp3) is 0.800. The van der Waals surface area contributed by atoms with E-state index in [1.807, 2.05) is 13.4 Å². The Labute approximate surface area is 90.5 Å². The van der Waals surface area contributed by atoms with Crippen LogP contribution in [0.15, 0.2) is 6.33 Å². The topological polar surface area (TPSA) is 46.0 Å². The average molecular weight is 209 g/mol. The summed E-state index contributed by atoms with van der Waals surface area (Å²) in [4.78, 5) is 2.45. The highest BCUT2D eigenvalue weighted by Crippen LogP contribution is 2.13. The van der Waals surface area contributed by atoms with Gasteiger partial charge in [0.1, 0.15) is 12.2 Å². The summed E-state index contributed by atoms with van der Waals surface area (Å²) in [5.41, 5.74) is 0. The summed E-state index contributed by atoms with van der Waals surface area (Å²) in [6.07, 6.45) is 1.82. The van der Waals surface area contributed by atoms with Crippen LogP contribution >= 0.6 is 0 Å². The maximum atomic E-state index is 4.13. The van der Waals surface area contributed by atoms with Gasteiger partial charge in [0.25, 0.3) is 0 Å². The van der Waals surface area contributed by atoms with Gasteiger partial charge in [-0.15, -0.1) is 10.2 Å². The van der Waals surface area contributed by atoms with Crippen molar-refractivity contribution in [1.29, 1.82) is 0 Å². The summed E-state index contributed by atoms with van der Waals surface area (Å²) >= 11 is 0. The fourth-order valence-electron chi connectivity index (χ4n) is 1.99.